The van der Waals surface area contributed by atoms with Gasteiger partial charge in [-0.3, -0.25) is 0 Å². The molecule has 0 aliphatic carbocycles. The van der Waals surface area contributed by atoms with Crippen LogP contribution >= 0.6 is 0 Å². The molecule has 0 aliphatic rings. The van der Waals surface area contributed by atoms with Gasteiger partial charge in [0.1, 0.15) is 24.2 Å². The first kappa shape index (κ1) is 15.0. The molecule has 0 unspecified atom stereocenters. The third kappa shape index (κ3) is 3.80. The largest absolute Gasteiger partial charge is 0.489 e. The zero-order valence-electron chi connectivity index (χ0n) is 12.1. The van der Waals surface area contributed by atoms with Crippen molar-refractivity contribution in [2.45, 2.75) is 20.1 Å². The van der Waals surface area contributed by atoms with E-state index in [2.05, 4.69) is 11.4 Å². The minimum absolute atomic E-state index is 0.0375. The summed E-state index contributed by atoms with van der Waals surface area (Å²) in [6.07, 6.45) is 0. The van der Waals surface area contributed by atoms with Gasteiger partial charge in [-0.25, -0.2) is 4.39 Å². The van der Waals surface area contributed by atoms with Gasteiger partial charge in [-0.1, -0.05) is 23.8 Å². The number of nitrogens with zero attached hydrogens (tertiary/aromatic N) is 1. The minimum atomic E-state index is -0.507. The van der Waals surface area contributed by atoms with Crippen molar-refractivity contribution in [1.29, 1.82) is 5.26 Å². The van der Waals surface area contributed by atoms with E-state index in [1.807, 2.05) is 32.2 Å². The average Bonchev–Trinajstić information content (AvgIpc) is 2.48. The molecule has 2 rings (SSSR count). The van der Waals surface area contributed by atoms with E-state index < -0.39 is 5.82 Å². The summed E-state index contributed by atoms with van der Waals surface area (Å²) in [7, 11) is 1.88. The molecule has 0 amide bonds. The van der Waals surface area contributed by atoms with Gasteiger partial charge in [-0.2, -0.15) is 5.26 Å². The van der Waals surface area contributed by atoms with Crippen molar-refractivity contribution < 1.29 is 9.13 Å². The van der Waals surface area contributed by atoms with Crippen molar-refractivity contribution in [3.8, 4) is 11.8 Å². The third-order valence-electron chi connectivity index (χ3n) is 3.13. The molecular formula is C17H17FN2O. The molecule has 0 spiro atoms. The van der Waals surface area contributed by atoms with E-state index >= 15 is 0 Å². The molecule has 21 heavy (non-hydrogen) atoms. The summed E-state index contributed by atoms with van der Waals surface area (Å²) in [5.74, 6) is 0.283. The van der Waals surface area contributed by atoms with E-state index in [4.69, 9.17) is 10.00 Å². The van der Waals surface area contributed by atoms with Crippen LogP contribution in [0.5, 0.6) is 5.75 Å². The highest BCUT2D eigenvalue weighted by Gasteiger charge is 2.06. The van der Waals surface area contributed by atoms with E-state index in [1.165, 1.54) is 17.7 Å². The number of hydrogen-bond donors (Lipinski definition) is 1. The first-order chi connectivity index (χ1) is 10.1. The van der Waals surface area contributed by atoms with Crippen LogP contribution in [0, 0.1) is 24.1 Å². The number of nitriles is 1. The Bertz CT molecular complexity index is 677. The summed E-state index contributed by atoms with van der Waals surface area (Å²) >= 11 is 0. The zero-order valence-corrected chi connectivity index (χ0v) is 12.1. The summed E-state index contributed by atoms with van der Waals surface area (Å²) < 4.78 is 19.1. The van der Waals surface area contributed by atoms with E-state index in [0.29, 0.717) is 13.2 Å². The fourth-order valence-electron chi connectivity index (χ4n) is 2.09. The van der Waals surface area contributed by atoms with Crippen LogP contribution in [-0.2, 0) is 13.2 Å². The number of nitrogens with one attached hydrogen (secondary N) is 1. The lowest BCUT2D eigenvalue weighted by Crippen LogP contribution is -2.08. The maximum absolute atomic E-state index is 13.3. The lowest BCUT2D eigenvalue weighted by Gasteiger charge is -2.12. The van der Waals surface area contributed by atoms with Crippen molar-refractivity contribution in [2.24, 2.45) is 0 Å². The van der Waals surface area contributed by atoms with Crippen LogP contribution in [0.3, 0.4) is 0 Å². The van der Waals surface area contributed by atoms with Crippen LogP contribution in [0.1, 0.15) is 22.3 Å². The van der Waals surface area contributed by atoms with Crippen molar-refractivity contribution >= 4 is 0 Å². The smallest absolute Gasteiger partial charge is 0.140 e. The number of rotatable bonds is 5. The van der Waals surface area contributed by atoms with Crippen LogP contribution in [0.2, 0.25) is 0 Å². The Morgan fingerprint density at radius 3 is 2.76 bits per heavy atom. The minimum Gasteiger partial charge on any atom is -0.489 e. The van der Waals surface area contributed by atoms with Crippen LogP contribution in [0.15, 0.2) is 36.4 Å². The Balaban J connectivity index is 2.15. The highest BCUT2D eigenvalue weighted by atomic mass is 19.1. The van der Waals surface area contributed by atoms with Gasteiger partial charge in [0.25, 0.3) is 0 Å². The first-order valence-electron chi connectivity index (χ1n) is 6.69. The molecule has 1 N–H and O–H groups in total. The molecular weight excluding hydrogens is 267 g/mol. The lowest BCUT2D eigenvalue weighted by atomic mass is 10.1. The topological polar surface area (TPSA) is 45.0 Å². The maximum Gasteiger partial charge on any atom is 0.140 e. The molecule has 4 heteroatoms. The Labute approximate surface area is 124 Å². The van der Waals surface area contributed by atoms with Crippen molar-refractivity contribution in [1.82, 2.24) is 5.32 Å². The third-order valence-corrected chi connectivity index (χ3v) is 3.13. The molecule has 0 bridgehead atoms. The first-order valence-corrected chi connectivity index (χ1v) is 6.69. The summed E-state index contributed by atoms with van der Waals surface area (Å²) in [5.41, 5.74) is 3.04. The van der Waals surface area contributed by atoms with E-state index in [1.54, 1.807) is 6.07 Å². The van der Waals surface area contributed by atoms with Gasteiger partial charge in [0.15, 0.2) is 0 Å². The maximum atomic E-state index is 13.3. The van der Waals surface area contributed by atoms with Crippen LogP contribution in [0.4, 0.5) is 4.39 Å². The normalized spacial score (nSPS) is 10.2. The summed E-state index contributed by atoms with van der Waals surface area (Å²) in [5, 5.41) is 11.9. The second kappa shape index (κ2) is 6.87. The van der Waals surface area contributed by atoms with Gasteiger partial charge in [0, 0.05) is 12.1 Å². The van der Waals surface area contributed by atoms with Gasteiger partial charge in [-0.05, 0) is 37.7 Å². The predicted molar refractivity (Wildman–Crippen MR) is 79.4 cm³/mol. The quantitative estimate of drug-likeness (QED) is 0.916. The van der Waals surface area contributed by atoms with Gasteiger partial charge in [0.2, 0.25) is 0 Å². The van der Waals surface area contributed by atoms with Gasteiger partial charge >= 0.3 is 0 Å². The fourth-order valence-corrected chi connectivity index (χ4v) is 2.09. The summed E-state index contributed by atoms with van der Waals surface area (Å²) in [6, 6.07) is 12.2. The Morgan fingerprint density at radius 1 is 1.24 bits per heavy atom. The molecule has 2 aromatic rings. The highest BCUT2D eigenvalue weighted by Crippen LogP contribution is 2.21. The summed E-state index contributed by atoms with van der Waals surface area (Å²) in [4.78, 5) is 0. The van der Waals surface area contributed by atoms with Crippen LogP contribution < -0.4 is 10.1 Å². The van der Waals surface area contributed by atoms with Gasteiger partial charge in [-0.15, -0.1) is 0 Å². The number of aryl methyl sites for hydroxylation is 1. The SMILES string of the molecule is CNCc1cc(C)ccc1OCc1ccc(F)c(C#N)c1. The van der Waals surface area contributed by atoms with Gasteiger partial charge in [0.05, 0.1) is 5.56 Å². The van der Waals surface area contributed by atoms with E-state index in [9.17, 15) is 4.39 Å². The molecule has 0 saturated heterocycles. The fraction of sp³-hybridized carbons (Fsp3) is 0.235. The molecule has 0 heterocycles. The number of ether oxygens (including phenoxy) is 1. The molecule has 2 aromatic carbocycles. The molecule has 0 radical (unpaired) electrons. The van der Waals surface area contributed by atoms with E-state index in [-0.39, 0.29) is 5.56 Å². The van der Waals surface area contributed by atoms with Crippen LogP contribution in [0.25, 0.3) is 0 Å². The Hall–Kier alpha value is -2.38. The molecule has 108 valence electrons. The molecule has 3 nitrogen and oxygen atoms in total. The lowest BCUT2D eigenvalue weighted by molar-refractivity contribution is 0.302. The average molecular weight is 284 g/mol. The van der Waals surface area contributed by atoms with Crippen molar-refractivity contribution in [3.63, 3.8) is 0 Å². The van der Waals surface area contributed by atoms with Crippen molar-refractivity contribution in [2.75, 3.05) is 7.05 Å². The highest BCUT2D eigenvalue weighted by molar-refractivity contribution is 5.38. The molecule has 0 atom stereocenters. The Kier molecular flexibility index (Phi) is 4.91. The zero-order chi connectivity index (χ0) is 15.2. The standard InChI is InChI=1S/C17H17FN2O/c1-12-3-6-17(15(7-12)10-20-2)21-11-13-4-5-16(18)14(8-13)9-19/h3-8,20H,10-11H2,1-2H3. The van der Waals surface area contributed by atoms with Crippen molar-refractivity contribution in [3.05, 3.63) is 64.5 Å². The van der Waals surface area contributed by atoms with E-state index in [0.717, 1.165) is 16.9 Å². The number of benzene rings is 2. The number of halogens is 1. The number of hydrogen-bond acceptors (Lipinski definition) is 3. The molecule has 0 saturated carbocycles. The second-order valence-electron chi connectivity index (χ2n) is 4.86. The Morgan fingerprint density at radius 2 is 2.05 bits per heavy atom. The van der Waals surface area contributed by atoms with Crippen LogP contribution in [-0.4, -0.2) is 7.05 Å². The molecule has 0 fully saturated rings. The molecule has 0 aliphatic heterocycles. The summed E-state index contributed by atoms with van der Waals surface area (Å²) in [6.45, 7) is 3.04. The van der Waals surface area contributed by atoms with Gasteiger partial charge < -0.3 is 10.1 Å². The molecule has 0 aromatic heterocycles. The predicted octanol–water partition coefficient (Wildman–Crippen LogP) is 3.30. The second-order valence-corrected chi connectivity index (χ2v) is 4.86. The monoisotopic (exact) mass is 284 g/mol.